The van der Waals surface area contributed by atoms with Gasteiger partial charge in [-0.15, -0.1) is 0 Å². The summed E-state index contributed by atoms with van der Waals surface area (Å²) in [4.78, 5) is 40.6. The van der Waals surface area contributed by atoms with Crippen molar-refractivity contribution < 1.29 is 19.1 Å². The largest absolute Gasteiger partial charge is 0.449 e. The molecule has 0 aromatic rings. The minimum absolute atomic E-state index is 0.0652. The molecule has 7 nitrogen and oxygen atoms in total. The van der Waals surface area contributed by atoms with Crippen molar-refractivity contribution >= 4 is 17.7 Å². The lowest BCUT2D eigenvalue weighted by molar-refractivity contribution is -0.134. The van der Waals surface area contributed by atoms with Crippen LogP contribution in [0.2, 0.25) is 0 Å². The molecule has 2 N–H and O–H groups in total. The maximum Gasteiger partial charge on any atom is 0.409 e. The van der Waals surface area contributed by atoms with Gasteiger partial charge in [-0.2, -0.15) is 0 Å². The van der Waals surface area contributed by atoms with Crippen LogP contribution in [0, 0.1) is 10.8 Å². The summed E-state index contributed by atoms with van der Waals surface area (Å²) in [6.45, 7) is 28.7. The first-order valence-electron chi connectivity index (χ1n) is 15.8. The van der Waals surface area contributed by atoms with Crippen LogP contribution in [0.4, 0.5) is 4.79 Å². The molecule has 7 heteroatoms. The van der Waals surface area contributed by atoms with E-state index in [1.165, 1.54) is 4.90 Å². The maximum absolute atomic E-state index is 13.3. The van der Waals surface area contributed by atoms with Crippen LogP contribution in [0.25, 0.3) is 0 Å². The minimum Gasteiger partial charge on any atom is -0.449 e. The summed E-state index contributed by atoms with van der Waals surface area (Å²) in [5, 5.41) is 7.04. The molecule has 242 valence electrons. The molecule has 0 aliphatic carbocycles. The second kappa shape index (κ2) is 15.3. The monoisotopic (exact) mass is 582 g/mol. The fraction of sp³-hybridized carbons (Fsp3) is 0.912. The van der Waals surface area contributed by atoms with Crippen LogP contribution >= 0.6 is 0 Å². The molecular formula is C34H67N3O4. The zero-order chi connectivity index (χ0) is 32.5. The Balaban J connectivity index is 4.53. The van der Waals surface area contributed by atoms with Crippen molar-refractivity contribution in [2.24, 2.45) is 10.8 Å². The van der Waals surface area contributed by atoms with Crippen LogP contribution in [0.1, 0.15) is 148 Å². The molecule has 0 aliphatic heterocycles. The van der Waals surface area contributed by atoms with Crippen LogP contribution < -0.4 is 10.6 Å². The fourth-order valence-corrected chi connectivity index (χ4v) is 5.98. The summed E-state index contributed by atoms with van der Waals surface area (Å²) in [6, 6.07) is 0. The fourth-order valence-electron chi connectivity index (χ4n) is 5.98. The number of carbonyl (C=O) groups is 3. The van der Waals surface area contributed by atoms with E-state index in [0.717, 1.165) is 51.4 Å². The van der Waals surface area contributed by atoms with E-state index in [4.69, 9.17) is 4.74 Å². The average Bonchev–Trinajstić information content (AvgIpc) is 2.75. The number of carbonyl (C=O) groups excluding carboxylic acids is 3. The number of likely N-dealkylation sites (N-methyl/N-ethyl adjacent to an activating group) is 1. The summed E-state index contributed by atoms with van der Waals surface area (Å²) < 4.78 is 5.53. The number of Topliss-reactive ketones (excluding diaryl/α,β-unsaturated/α-hetero) is 2. The number of rotatable bonds is 16. The van der Waals surface area contributed by atoms with E-state index in [-0.39, 0.29) is 34.6 Å². The zero-order valence-corrected chi connectivity index (χ0v) is 29.7. The summed E-state index contributed by atoms with van der Waals surface area (Å²) in [5.74, 6) is 0.339. The average molecular weight is 582 g/mol. The Hall–Kier alpha value is -1.47. The van der Waals surface area contributed by atoms with Crippen molar-refractivity contribution in [2.45, 2.75) is 170 Å². The van der Waals surface area contributed by atoms with E-state index in [1.54, 1.807) is 7.05 Å². The molecule has 0 rings (SSSR count). The number of ether oxygens (including phenoxy) is 1. The first kappa shape index (κ1) is 39.5. The number of hydrogen-bond acceptors (Lipinski definition) is 6. The number of ketones is 2. The molecule has 0 bridgehead atoms. The van der Waals surface area contributed by atoms with Crippen LogP contribution in [-0.4, -0.2) is 64.9 Å². The number of nitrogens with one attached hydrogen (secondary N) is 2. The van der Waals surface area contributed by atoms with Gasteiger partial charge >= 0.3 is 6.09 Å². The summed E-state index contributed by atoms with van der Waals surface area (Å²) in [5.41, 5.74) is -2.73. The number of unbranched alkanes of at least 4 members (excludes halogenated alkanes) is 6. The Bertz CT molecular complexity index is 842. The molecule has 0 aliphatic rings. The van der Waals surface area contributed by atoms with Crippen LogP contribution in [0.3, 0.4) is 0 Å². The lowest BCUT2D eigenvalue weighted by atomic mass is 9.75. The highest BCUT2D eigenvalue weighted by molar-refractivity contribution is 5.93. The summed E-state index contributed by atoms with van der Waals surface area (Å²) in [7, 11) is 1.69. The standard InChI is InChI=1S/C34H67N3O4/c1-29(2,3)26(38)33(13,35-31(7,8)9)23-21-19-17-16-18-20-22-24-41-28(40)37(15)25-34(14,36-32(10,11)12)27(39)30(4,5)6/h35-36H,16-25H2,1-15H3/t33-,34+/m1/s1. The summed E-state index contributed by atoms with van der Waals surface area (Å²) >= 11 is 0. The zero-order valence-electron chi connectivity index (χ0n) is 29.7. The maximum atomic E-state index is 13.3. The summed E-state index contributed by atoms with van der Waals surface area (Å²) in [6.07, 6.45) is 7.77. The molecule has 0 aromatic heterocycles. The second-order valence-corrected chi connectivity index (χ2v) is 16.8. The molecular weight excluding hydrogens is 514 g/mol. The van der Waals surface area contributed by atoms with Gasteiger partial charge in [0.25, 0.3) is 0 Å². The molecule has 41 heavy (non-hydrogen) atoms. The van der Waals surface area contributed by atoms with Crippen molar-refractivity contribution in [1.29, 1.82) is 0 Å². The number of amides is 1. The molecule has 0 heterocycles. The van der Waals surface area contributed by atoms with Gasteiger partial charge < -0.3 is 15.0 Å². The Kier molecular flexibility index (Phi) is 14.8. The Morgan fingerprint density at radius 1 is 0.561 bits per heavy atom. The quantitative estimate of drug-likeness (QED) is 0.182. The molecule has 0 saturated heterocycles. The first-order valence-corrected chi connectivity index (χ1v) is 15.8. The van der Waals surface area contributed by atoms with Gasteiger partial charge in [0.05, 0.1) is 17.7 Å². The molecule has 0 aromatic carbocycles. The van der Waals surface area contributed by atoms with Gasteiger partial charge in [0, 0.05) is 35.5 Å². The molecule has 0 fully saturated rings. The van der Waals surface area contributed by atoms with Crippen LogP contribution in [-0.2, 0) is 14.3 Å². The molecule has 0 spiro atoms. The number of hydrogen-bond donors (Lipinski definition) is 2. The first-order chi connectivity index (χ1) is 18.2. The van der Waals surface area contributed by atoms with Crippen molar-refractivity contribution in [3.63, 3.8) is 0 Å². The highest BCUT2D eigenvalue weighted by Crippen LogP contribution is 2.30. The molecule has 0 unspecified atom stereocenters. The highest BCUT2D eigenvalue weighted by Gasteiger charge is 2.44. The molecule has 0 saturated carbocycles. The molecule has 1 amide bonds. The van der Waals surface area contributed by atoms with E-state index < -0.39 is 22.6 Å². The smallest absolute Gasteiger partial charge is 0.409 e. The van der Waals surface area contributed by atoms with Crippen molar-refractivity contribution in [2.75, 3.05) is 20.2 Å². The van der Waals surface area contributed by atoms with Gasteiger partial charge in [-0.05, 0) is 68.2 Å². The van der Waals surface area contributed by atoms with Crippen LogP contribution in [0.5, 0.6) is 0 Å². The van der Waals surface area contributed by atoms with E-state index in [0.29, 0.717) is 6.61 Å². The van der Waals surface area contributed by atoms with Gasteiger partial charge in [0.15, 0.2) is 11.6 Å². The van der Waals surface area contributed by atoms with E-state index in [1.807, 2.05) is 69.2 Å². The predicted molar refractivity (Wildman–Crippen MR) is 172 cm³/mol. The molecule has 2 atom stereocenters. The normalized spacial score (nSPS) is 16.1. The second-order valence-electron chi connectivity index (χ2n) is 16.8. The van der Waals surface area contributed by atoms with E-state index >= 15 is 0 Å². The predicted octanol–water partition coefficient (Wildman–Crippen LogP) is 7.70. The lowest BCUT2D eigenvalue weighted by Crippen LogP contribution is -2.64. The van der Waals surface area contributed by atoms with Crippen molar-refractivity contribution in [3.05, 3.63) is 0 Å². The third kappa shape index (κ3) is 15.5. The highest BCUT2D eigenvalue weighted by atomic mass is 16.6. The Labute approximate surface area is 253 Å². The Morgan fingerprint density at radius 2 is 0.927 bits per heavy atom. The third-order valence-electron chi connectivity index (χ3n) is 7.08. The van der Waals surface area contributed by atoms with Crippen molar-refractivity contribution in [3.8, 4) is 0 Å². The lowest BCUT2D eigenvalue weighted by Gasteiger charge is -2.41. The van der Waals surface area contributed by atoms with Crippen molar-refractivity contribution in [1.82, 2.24) is 15.5 Å². The van der Waals surface area contributed by atoms with E-state index in [2.05, 4.69) is 38.3 Å². The molecule has 0 radical (unpaired) electrons. The topological polar surface area (TPSA) is 87.7 Å². The third-order valence-corrected chi connectivity index (χ3v) is 7.08. The van der Waals surface area contributed by atoms with E-state index in [9.17, 15) is 14.4 Å². The SMILES string of the molecule is CN(C[C@](C)(NC(C)(C)C)C(=O)C(C)(C)C)C(=O)OCCCCCCCCC[C@@](C)(NC(C)(C)C)C(=O)C(C)(C)C. The minimum atomic E-state index is -0.884. The Morgan fingerprint density at radius 3 is 1.34 bits per heavy atom. The van der Waals surface area contributed by atoms with Gasteiger partial charge in [-0.25, -0.2) is 4.79 Å². The number of nitrogens with zero attached hydrogens (tertiary/aromatic N) is 1. The van der Waals surface area contributed by atoms with Gasteiger partial charge in [0.2, 0.25) is 0 Å². The van der Waals surface area contributed by atoms with Gasteiger partial charge in [0.1, 0.15) is 0 Å². The van der Waals surface area contributed by atoms with Gasteiger partial charge in [-0.1, -0.05) is 80.1 Å². The van der Waals surface area contributed by atoms with Gasteiger partial charge in [-0.3, -0.25) is 14.9 Å². The van der Waals surface area contributed by atoms with Crippen LogP contribution in [0.15, 0.2) is 0 Å².